The van der Waals surface area contributed by atoms with Gasteiger partial charge >= 0.3 is 0 Å². The lowest BCUT2D eigenvalue weighted by atomic mass is 10.2. The molecule has 2 atom stereocenters. The minimum absolute atomic E-state index is 0.0232. The van der Waals surface area contributed by atoms with Gasteiger partial charge in [0.25, 0.3) is 11.8 Å². The van der Waals surface area contributed by atoms with Crippen molar-refractivity contribution >= 4 is 29.1 Å². The smallest absolute Gasteiger partial charge is 0.282 e. The molecule has 2 rings (SSSR count). The quantitative estimate of drug-likeness (QED) is 0.675. The minimum atomic E-state index is -0.386. The van der Waals surface area contributed by atoms with Crippen molar-refractivity contribution in [3.8, 4) is 5.75 Å². The molecule has 7 heteroatoms. The summed E-state index contributed by atoms with van der Waals surface area (Å²) in [6, 6.07) is 4.97. The van der Waals surface area contributed by atoms with Crippen molar-refractivity contribution in [3.63, 3.8) is 0 Å². The van der Waals surface area contributed by atoms with Crippen molar-refractivity contribution in [2.45, 2.75) is 31.8 Å². The van der Waals surface area contributed by atoms with Gasteiger partial charge in [-0.05, 0) is 38.0 Å². The monoisotopic (exact) mass is 340 g/mol. The molecule has 0 saturated heterocycles. The van der Waals surface area contributed by atoms with Gasteiger partial charge in [0.2, 0.25) is 0 Å². The summed E-state index contributed by atoms with van der Waals surface area (Å²) >= 11 is 5.96. The maximum absolute atomic E-state index is 12.4. The van der Waals surface area contributed by atoms with Crippen molar-refractivity contribution < 1.29 is 19.2 Å². The zero-order valence-electron chi connectivity index (χ0n) is 13.6. The Kier molecular flexibility index (Phi) is 5.85. The van der Waals surface area contributed by atoms with Crippen LogP contribution in [0, 0.1) is 0 Å². The SMILES string of the molecule is COc1ccc(Cl)cc1NC(=O)[C@H](C)[NH+](C)CC(=O)NC1CC1. The van der Waals surface area contributed by atoms with Crippen LogP contribution in [0.4, 0.5) is 5.69 Å². The summed E-state index contributed by atoms with van der Waals surface area (Å²) in [7, 11) is 3.36. The Hall–Kier alpha value is -1.79. The zero-order valence-corrected chi connectivity index (χ0v) is 14.4. The lowest BCUT2D eigenvalue weighted by molar-refractivity contribution is -0.885. The fourth-order valence-electron chi connectivity index (χ4n) is 2.16. The van der Waals surface area contributed by atoms with Crippen molar-refractivity contribution in [3.05, 3.63) is 23.2 Å². The van der Waals surface area contributed by atoms with Gasteiger partial charge in [-0.2, -0.15) is 0 Å². The van der Waals surface area contributed by atoms with Crippen LogP contribution in [0.1, 0.15) is 19.8 Å². The van der Waals surface area contributed by atoms with E-state index in [0.717, 1.165) is 17.7 Å². The van der Waals surface area contributed by atoms with Crippen LogP contribution in [0.25, 0.3) is 0 Å². The van der Waals surface area contributed by atoms with Gasteiger partial charge in [0.1, 0.15) is 5.75 Å². The van der Waals surface area contributed by atoms with Crippen LogP contribution in [0.15, 0.2) is 18.2 Å². The van der Waals surface area contributed by atoms with Crippen LogP contribution in [-0.4, -0.2) is 44.6 Å². The van der Waals surface area contributed by atoms with Gasteiger partial charge in [0.15, 0.2) is 12.6 Å². The summed E-state index contributed by atoms with van der Waals surface area (Å²) in [5.41, 5.74) is 0.520. The molecule has 1 unspecified atom stereocenters. The standard InChI is InChI=1S/C16H22ClN3O3/c1-10(20(2)9-15(21)18-12-5-6-12)16(22)19-13-8-11(17)4-7-14(13)23-3/h4,7-8,10,12H,5-6,9H2,1-3H3,(H,18,21)(H,19,22)/p+1/t10-/m0/s1. The highest BCUT2D eigenvalue weighted by Gasteiger charge is 2.28. The van der Waals surface area contributed by atoms with E-state index in [1.165, 1.54) is 7.11 Å². The molecular formula is C16H23ClN3O3+. The number of quaternary nitrogens is 1. The van der Waals surface area contributed by atoms with E-state index >= 15 is 0 Å². The number of hydrogen-bond donors (Lipinski definition) is 3. The Labute approximate surface area is 141 Å². The topological polar surface area (TPSA) is 71.9 Å². The molecule has 0 aliphatic heterocycles. The first kappa shape index (κ1) is 17.6. The molecule has 1 aliphatic carbocycles. The molecule has 0 spiro atoms. The summed E-state index contributed by atoms with van der Waals surface area (Å²) in [5.74, 6) is 0.325. The van der Waals surface area contributed by atoms with Crippen LogP contribution in [0.2, 0.25) is 5.02 Å². The third-order valence-electron chi connectivity index (χ3n) is 3.93. The normalized spacial score (nSPS) is 16.3. The van der Waals surface area contributed by atoms with Gasteiger partial charge in [-0.15, -0.1) is 0 Å². The van der Waals surface area contributed by atoms with E-state index in [1.54, 1.807) is 25.1 Å². The molecule has 0 aromatic heterocycles. The number of benzene rings is 1. The molecule has 1 saturated carbocycles. The average Bonchev–Trinajstić information content (AvgIpc) is 3.30. The number of hydrogen-bond acceptors (Lipinski definition) is 3. The highest BCUT2D eigenvalue weighted by molar-refractivity contribution is 6.31. The number of carbonyl (C=O) groups excluding carboxylic acids is 2. The Morgan fingerprint density at radius 2 is 2.13 bits per heavy atom. The molecule has 0 radical (unpaired) electrons. The van der Waals surface area contributed by atoms with Gasteiger partial charge in [0.05, 0.1) is 19.8 Å². The number of carbonyl (C=O) groups is 2. The van der Waals surface area contributed by atoms with Gasteiger partial charge in [-0.3, -0.25) is 9.59 Å². The second-order valence-electron chi connectivity index (χ2n) is 5.92. The van der Waals surface area contributed by atoms with Gasteiger partial charge in [-0.1, -0.05) is 11.6 Å². The third-order valence-corrected chi connectivity index (χ3v) is 4.17. The molecule has 2 amide bonds. The highest BCUT2D eigenvalue weighted by atomic mass is 35.5. The molecule has 0 bridgehead atoms. The van der Waals surface area contributed by atoms with Crippen LogP contribution in [0.3, 0.4) is 0 Å². The Balaban J connectivity index is 1.93. The van der Waals surface area contributed by atoms with Crippen LogP contribution in [0.5, 0.6) is 5.75 Å². The molecule has 23 heavy (non-hydrogen) atoms. The first-order valence-corrected chi connectivity index (χ1v) is 8.04. The molecular weight excluding hydrogens is 318 g/mol. The van der Waals surface area contributed by atoms with Crippen molar-refractivity contribution in [1.82, 2.24) is 5.32 Å². The number of anilines is 1. The molecule has 126 valence electrons. The number of likely N-dealkylation sites (N-methyl/N-ethyl adjacent to an activating group) is 1. The van der Waals surface area contributed by atoms with Gasteiger partial charge < -0.3 is 20.3 Å². The summed E-state index contributed by atoms with van der Waals surface area (Å²) in [4.78, 5) is 25.0. The summed E-state index contributed by atoms with van der Waals surface area (Å²) in [6.07, 6.45) is 2.10. The molecule has 6 nitrogen and oxygen atoms in total. The summed E-state index contributed by atoms with van der Waals surface area (Å²) < 4.78 is 5.21. The second kappa shape index (κ2) is 7.66. The van der Waals surface area contributed by atoms with E-state index in [2.05, 4.69) is 10.6 Å². The molecule has 1 aromatic rings. The predicted molar refractivity (Wildman–Crippen MR) is 89.0 cm³/mol. The second-order valence-corrected chi connectivity index (χ2v) is 6.36. The first-order chi connectivity index (χ1) is 10.9. The molecule has 1 fully saturated rings. The highest BCUT2D eigenvalue weighted by Crippen LogP contribution is 2.27. The zero-order chi connectivity index (χ0) is 17.0. The first-order valence-electron chi connectivity index (χ1n) is 7.66. The summed E-state index contributed by atoms with van der Waals surface area (Å²) in [5, 5.41) is 6.25. The van der Waals surface area contributed by atoms with Gasteiger partial charge in [-0.25, -0.2) is 0 Å². The number of ether oxygens (including phenoxy) is 1. The van der Waals surface area contributed by atoms with E-state index in [9.17, 15) is 9.59 Å². The third kappa shape index (κ3) is 5.11. The van der Waals surface area contributed by atoms with Crippen molar-refractivity contribution in [1.29, 1.82) is 0 Å². The van der Waals surface area contributed by atoms with Crippen LogP contribution < -0.4 is 20.3 Å². The van der Waals surface area contributed by atoms with E-state index in [4.69, 9.17) is 16.3 Å². The average molecular weight is 341 g/mol. The number of methoxy groups -OCH3 is 1. The minimum Gasteiger partial charge on any atom is -0.495 e. The maximum Gasteiger partial charge on any atom is 0.282 e. The molecule has 3 N–H and O–H groups in total. The lowest BCUT2D eigenvalue weighted by Gasteiger charge is -2.21. The molecule has 1 aliphatic rings. The van der Waals surface area contributed by atoms with Crippen LogP contribution >= 0.6 is 11.6 Å². The Bertz CT molecular complexity index is 590. The van der Waals surface area contributed by atoms with E-state index in [0.29, 0.717) is 22.5 Å². The molecule has 0 heterocycles. The lowest BCUT2D eigenvalue weighted by Crippen LogP contribution is -3.15. The number of rotatable bonds is 7. The predicted octanol–water partition coefficient (Wildman–Crippen LogP) is 0.469. The fraction of sp³-hybridized carbons (Fsp3) is 0.500. The van der Waals surface area contributed by atoms with Crippen molar-refractivity contribution in [2.24, 2.45) is 0 Å². The largest absolute Gasteiger partial charge is 0.495 e. The van der Waals surface area contributed by atoms with E-state index in [-0.39, 0.29) is 24.4 Å². The Morgan fingerprint density at radius 3 is 2.74 bits per heavy atom. The molecule has 1 aromatic carbocycles. The fourth-order valence-corrected chi connectivity index (χ4v) is 2.33. The Morgan fingerprint density at radius 1 is 1.43 bits per heavy atom. The van der Waals surface area contributed by atoms with E-state index < -0.39 is 0 Å². The number of nitrogens with one attached hydrogen (secondary N) is 3. The number of amides is 2. The number of halogens is 1. The summed E-state index contributed by atoms with van der Waals surface area (Å²) in [6.45, 7) is 2.05. The van der Waals surface area contributed by atoms with E-state index in [1.807, 2.05) is 7.05 Å². The van der Waals surface area contributed by atoms with Crippen LogP contribution in [-0.2, 0) is 9.59 Å². The van der Waals surface area contributed by atoms with Crippen molar-refractivity contribution in [2.75, 3.05) is 26.0 Å². The maximum atomic E-state index is 12.4. The van der Waals surface area contributed by atoms with Gasteiger partial charge in [0, 0.05) is 11.1 Å².